The standard InChI is InChI=1S/C12H14N2O6S/c1-14-5-4-9(11(14)16)13-21(19,20)7-2-3-10(15)8(6-7)12(17)18/h2-3,6,9,13,15H,4-5H2,1H3,(H,17,18). The fraction of sp³-hybridized carbons (Fsp3) is 0.333. The zero-order chi connectivity index (χ0) is 15.8. The molecule has 114 valence electrons. The predicted molar refractivity (Wildman–Crippen MR) is 71.4 cm³/mol. The van der Waals surface area contributed by atoms with Gasteiger partial charge in [0.05, 0.1) is 4.90 Å². The minimum Gasteiger partial charge on any atom is -0.507 e. The summed E-state index contributed by atoms with van der Waals surface area (Å²) in [5.41, 5.74) is -0.521. The molecule has 2 rings (SSSR count). The van der Waals surface area contributed by atoms with Gasteiger partial charge in [0.1, 0.15) is 17.4 Å². The van der Waals surface area contributed by atoms with Crippen LogP contribution in [-0.4, -0.2) is 55.0 Å². The van der Waals surface area contributed by atoms with Crippen molar-refractivity contribution in [1.82, 2.24) is 9.62 Å². The number of amides is 1. The summed E-state index contributed by atoms with van der Waals surface area (Å²) >= 11 is 0. The lowest BCUT2D eigenvalue weighted by molar-refractivity contribution is -0.127. The van der Waals surface area contributed by atoms with Gasteiger partial charge in [-0.3, -0.25) is 4.79 Å². The Hall–Kier alpha value is -2.13. The van der Waals surface area contributed by atoms with Crippen LogP contribution in [0.25, 0.3) is 0 Å². The molecule has 0 aromatic heterocycles. The van der Waals surface area contributed by atoms with Crippen molar-refractivity contribution in [2.45, 2.75) is 17.4 Å². The van der Waals surface area contributed by atoms with E-state index in [-0.39, 0.29) is 10.8 Å². The second-order valence-corrected chi connectivity index (χ2v) is 6.42. The molecule has 8 nitrogen and oxygen atoms in total. The van der Waals surface area contributed by atoms with Crippen LogP contribution in [0.15, 0.2) is 23.1 Å². The summed E-state index contributed by atoms with van der Waals surface area (Å²) in [6.07, 6.45) is 0.346. The van der Waals surface area contributed by atoms with Gasteiger partial charge in [-0.1, -0.05) is 0 Å². The lowest BCUT2D eigenvalue weighted by Gasteiger charge is -2.13. The molecule has 0 aliphatic carbocycles. The number of benzene rings is 1. The van der Waals surface area contributed by atoms with E-state index in [9.17, 15) is 23.1 Å². The Bertz CT molecular complexity index is 700. The van der Waals surface area contributed by atoms with Crippen LogP contribution in [0.5, 0.6) is 5.75 Å². The Morgan fingerprint density at radius 3 is 2.62 bits per heavy atom. The molecule has 1 heterocycles. The lowest BCUT2D eigenvalue weighted by atomic mass is 10.2. The maximum absolute atomic E-state index is 12.2. The highest BCUT2D eigenvalue weighted by Crippen LogP contribution is 2.22. The number of likely N-dealkylation sites (tertiary alicyclic amines) is 1. The highest BCUT2D eigenvalue weighted by molar-refractivity contribution is 7.89. The molecule has 1 aromatic rings. The maximum Gasteiger partial charge on any atom is 0.339 e. The number of aromatic hydroxyl groups is 1. The van der Waals surface area contributed by atoms with Crippen molar-refractivity contribution < 1.29 is 28.2 Å². The van der Waals surface area contributed by atoms with Gasteiger partial charge in [-0.25, -0.2) is 13.2 Å². The summed E-state index contributed by atoms with van der Waals surface area (Å²) in [4.78, 5) is 23.7. The Kier molecular flexibility index (Phi) is 3.88. The van der Waals surface area contributed by atoms with Crippen molar-refractivity contribution in [2.75, 3.05) is 13.6 Å². The van der Waals surface area contributed by atoms with E-state index in [0.29, 0.717) is 13.0 Å². The van der Waals surface area contributed by atoms with Crippen LogP contribution < -0.4 is 4.72 Å². The zero-order valence-corrected chi connectivity index (χ0v) is 11.9. The zero-order valence-electron chi connectivity index (χ0n) is 11.1. The summed E-state index contributed by atoms with van der Waals surface area (Å²) in [6.45, 7) is 0.446. The molecule has 1 atom stereocenters. The van der Waals surface area contributed by atoms with Gasteiger partial charge >= 0.3 is 5.97 Å². The second kappa shape index (κ2) is 5.34. The van der Waals surface area contributed by atoms with E-state index in [4.69, 9.17) is 5.11 Å². The van der Waals surface area contributed by atoms with Crippen molar-refractivity contribution in [3.8, 4) is 5.75 Å². The molecule has 0 saturated carbocycles. The van der Waals surface area contributed by atoms with Gasteiger partial charge in [-0.15, -0.1) is 0 Å². The number of carbonyl (C=O) groups is 2. The highest BCUT2D eigenvalue weighted by Gasteiger charge is 2.33. The molecule has 1 aliphatic rings. The van der Waals surface area contributed by atoms with Gasteiger partial charge in [-0.05, 0) is 24.6 Å². The molecule has 9 heteroatoms. The third-order valence-electron chi connectivity index (χ3n) is 3.23. The summed E-state index contributed by atoms with van der Waals surface area (Å²) in [5.74, 6) is -2.31. The summed E-state index contributed by atoms with van der Waals surface area (Å²) < 4.78 is 26.6. The number of carboxylic acid groups (broad SMARTS) is 1. The first kappa shape index (κ1) is 15.3. The average Bonchev–Trinajstić information content (AvgIpc) is 2.70. The van der Waals surface area contributed by atoms with Crippen molar-refractivity contribution in [3.05, 3.63) is 23.8 Å². The molecule has 0 bridgehead atoms. The van der Waals surface area contributed by atoms with E-state index in [0.717, 1.165) is 18.2 Å². The molecule has 1 fully saturated rings. The number of phenols is 1. The number of carboxylic acids is 1. The molecular formula is C12H14N2O6S. The summed E-state index contributed by atoms with van der Waals surface area (Å²) in [6, 6.07) is 2.05. The monoisotopic (exact) mass is 314 g/mol. The molecule has 1 unspecified atom stereocenters. The second-order valence-electron chi connectivity index (χ2n) is 4.71. The van der Waals surface area contributed by atoms with Crippen LogP contribution in [0.4, 0.5) is 0 Å². The number of aromatic carboxylic acids is 1. The average molecular weight is 314 g/mol. The Labute approximate surface area is 121 Å². The quantitative estimate of drug-likeness (QED) is 0.694. The molecule has 3 N–H and O–H groups in total. The predicted octanol–water partition coefficient (Wildman–Crippen LogP) is -0.401. The number of nitrogens with one attached hydrogen (secondary N) is 1. The minimum absolute atomic E-state index is 0.319. The van der Waals surface area contributed by atoms with Crippen molar-refractivity contribution >= 4 is 21.9 Å². The summed E-state index contributed by atoms with van der Waals surface area (Å²) in [7, 11) is -2.48. The molecule has 1 aromatic carbocycles. The first-order valence-electron chi connectivity index (χ1n) is 6.06. The summed E-state index contributed by atoms with van der Waals surface area (Å²) in [5, 5.41) is 18.3. The third kappa shape index (κ3) is 2.98. The fourth-order valence-electron chi connectivity index (χ4n) is 2.04. The van der Waals surface area contributed by atoms with Gasteiger partial charge in [0.25, 0.3) is 0 Å². The molecule has 1 aliphatic heterocycles. The van der Waals surface area contributed by atoms with E-state index < -0.39 is 33.3 Å². The number of sulfonamides is 1. The van der Waals surface area contributed by atoms with Crippen molar-refractivity contribution in [3.63, 3.8) is 0 Å². The number of hydrogen-bond acceptors (Lipinski definition) is 5. The Balaban J connectivity index is 2.30. The molecule has 0 spiro atoms. The fourth-order valence-corrected chi connectivity index (χ4v) is 3.29. The topological polar surface area (TPSA) is 124 Å². The number of nitrogens with zero attached hydrogens (tertiary/aromatic N) is 1. The molecule has 1 amide bonds. The van der Waals surface area contributed by atoms with E-state index in [1.165, 1.54) is 4.90 Å². The SMILES string of the molecule is CN1CCC(NS(=O)(=O)c2ccc(O)c(C(=O)O)c2)C1=O. The Morgan fingerprint density at radius 1 is 1.43 bits per heavy atom. The van der Waals surface area contributed by atoms with Crippen LogP contribution >= 0.6 is 0 Å². The molecule has 1 saturated heterocycles. The van der Waals surface area contributed by atoms with Gasteiger partial charge in [0, 0.05) is 13.6 Å². The smallest absolute Gasteiger partial charge is 0.339 e. The van der Waals surface area contributed by atoms with E-state index in [2.05, 4.69) is 4.72 Å². The van der Waals surface area contributed by atoms with Crippen molar-refractivity contribution in [1.29, 1.82) is 0 Å². The van der Waals surface area contributed by atoms with Gasteiger partial charge < -0.3 is 15.1 Å². The first-order chi connectivity index (χ1) is 9.72. The Morgan fingerprint density at radius 2 is 2.10 bits per heavy atom. The minimum atomic E-state index is -4.04. The number of likely N-dealkylation sites (N-methyl/N-ethyl adjacent to an activating group) is 1. The molecule has 0 radical (unpaired) electrons. The van der Waals surface area contributed by atoms with E-state index in [1.54, 1.807) is 7.05 Å². The molecule has 21 heavy (non-hydrogen) atoms. The number of carbonyl (C=O) groups excluding carboxylic acids is 1. The van der Waals surface area contributed by atoms with Crippen LogP contribution in [0.1, 0.15) is 16.8 Å². The number of rotatable bonds is 4. The van der Waals surface area contributed by atoms with Crippen molar-refractivity contribution in [2.24, 2.45) is 0 Å². The van der Waals surface area contributed by atoms with Gasteiger partial charge in [0.15, 0.2) is 0 Å². The molecular weight excluding hydrogens is 300 g/mol. The highest BCUT2D eigenvalue weighted by atomic mass is 32.2. The number of hydrogen-bond donors (Lipinski definition) is 3. The first-order valence-corrected chi connectivity index (χ1v) is 7.54. The van der Waals surface area contributed by atoms with E-state index in [1.807, 2.05) is 0 Å². The lowest BCUT2D eigenvalue weighted by Crippen LogP contribution is -2.40. The maximum atomic E-state index is 12.2. The van der Waals surface area contributed by atoms with E-state index >= 15 is 0 Å². The van der Waals surface area contributed by atoms with Gasteiger partial charge in [-0.2, -0.15) is 4.72 Å². The van der Waals surface area contributed by atoms with Crippen LogP contribution in [0.3, 0.4) is 0 Å². The van der Waals surface area contributed by atoms with Crippen LogP contribution in [0.2, 0.25) is 0 Å². The van der Waals surface area contributed by atoms with Gasteiger partial charge in [0.2, 0.25) is 15.9 Å². The van der Waals surface area contributed by atoms with Crippen LogP contribution in [-0.2, 0) is 14.8 Å². The largest absolute Gasteiger partial charge is 0.507 e. The van der Waals surface area contributed by atoms with Crippen LogP contribution in [0, 0.1) is 0 Å². The normalized spacial score (nSPS) is 19.0. The third-order valence-corrected chi connectivity index (χ3v) is 4.70.